The normalized spacial score (nSPS) is 11.9. The third-order valence-electron chi connectivity index (χ3n) is 2.44. The maximum Gasteiger partial charge on any atom is 0.185 e. The van der Waals surface area contributed by atoms with Crippen LogP contribution in [0.1, 0.15) is 30.5 Å². The Hall–Kier alpha value is -1.04. The van der Waals surface area contributed by atoms with Gasteiger partial charge in [-0.1, -0.05) is 29.5 Å². The van der Waals surface area contributed by atoms with Gasteiger partial charge in [0.05, 0.1) is 0 Å². The van der Waals surface area contributed by atoms with Gasteiger partial charge in [-0.15, -0.1) is 0 Å². The summed E-state index contributed by atoms with van der Waals surface area (Å²) in [5, 5.41) is 0. The molecule has 18 heavy (non-hydrogen) atoms. The van der Waals surface area contributed by atoms with Crippen molar-refractivity contribution in [2.75, 3.05) is 0 Å². The van der Waals surface area contributed by atoms with E-state index in [4.69, 9.17) is 4.43 Å². The lowest BCUT2D eigenvalue weighted by Gasteiger charge is -2.28. The van der Waals surface area contributed by atoms with Crippen LogP contribution >= 0.6 is 0 Å². The summed E-state index contributed by atoms with van der Waals surface area (Å²) in [7, 11) is -1.56. The standard InChI is InChI=1S/C16H24OSi/c1-13-8-9-15(14(2)12-13)10-11-16(3,4)17-18(5,6)7/h8-9,12H,1-7H3. The van der Waals surface area contributed by atoms with Crippen LogP contribution in [0.5, 0.6) is 0 Å². The van der Waals surface area contributed by atoms with Crippen molar-refractivity contribution in [2.24, 2.45) is 0 Å². The van der Waals surface area contributed by atoms with Crippen LogP contribution in [0.15, 0.2) is 18.2 Å². The fourth-order valence-corrected chi connectivity index (χ4v) is 3.54. The van der Waals surface area contributed by atoms with Crippen LogP contribution in [0.3, 0.4) is 0 Å². The summed E-state index contributed by atoms with van der Waals surface area (Å²) in [6.45, 7) is 14.9. The zero-order valence-corrected chi connectivity index (χ0v) is 13.6. The van der Waals surface area contributed by atoms with Crippen LogP contribution in [0.2, 0.25) is 19.6 Å². The molecule has 0 bridgehead atoms. The van der Waals surface area contributed by atoms with Gasteiger partial charge in [0.2, 0.25) is 0 Å². The summed E-state index contributed by atoms with van der Waals surface area (Å²) in [5.41, 5.74) is 3.22. The van der Waals surface area contributed by atoms with E-state index in [-0.39, 0.29) is 5.60 Å². The Morgan fingerprint density at radius 2 is 1.72 bits per heavy atom. The van der Waals surface area contributed by atoms with Gasteiger partial charge < -0.3 is 4.43 Å². The average molecular weight is 260 g/mol. The smallest absolute Gasteiger partial charge is 0.185 e. The molecule has 0 spiro atoms. The molecule has 0 saturated carbocycles. The van der Waals surface area contributed by atoms with Crippen LogP contribution in [-0.4, -0.2) is 13.9 Å². The summed E-state index contributed by atoms with van der Waals surface area (Å²) in [6.07, 6.45) is 0. The predicted molar refractivity (Wildman–Crippen MR) is 81.3 cm³/mol. The fourth-order valence-electron chi connectivity index (χ4n) is 1.96. The summed E-state index contributed by atoms with van der Waals surface area (Å²) in [5.74, 6) is 6.50. The minimum absolute atomic E-state index is 0.373. The highest BCUT2D eigenvalue weighted by Crippen LogP contribution is 2.17. The molecule has 1 nitrogen and oxygen atoms in total. The van der Waals surface area contributed by atoms with E-state index < -0.39 is 8.32 Å². The first-order chi connectivity index (χ1) is 8.09. The number of hydrogen-bond acceptors (Lipinski definition) is 1. The van der Waals surface area contributed by atoms with Gasteiger partial charge in [0, 0.05) is 5.56 Å². The van der Waals surface area contributed by atoms with Gasteiger partial charge >= 0.3 is 0 Å². The van der Waals surface area contributed by atoms with Crippen LogP contribution in [0.25, 0.3) is 0 Å². The lowest BCUT2D eigenvalue weighted by molar-refractivity contribution is 0.164. The Labute approximate surface area is 113 Å². The van der Waals surface area contributed by atoms with E-state index >= 15 is 0 Å². The van der Waals surface area contributed by atoms with Crippen LogP contribution < -0.4 is 0 Å². The van der Waals surface area contributed by atoms with Gasteiger partial charge in [-0.3, -0.25) is 0 Å². The third-order valence-corrected chi connectivity index (χ3v) is 3.56. The van der Waals surface area contributed by atoms with Gasteiger partial charge in [-0.25, -0.2) is 0 Å². The third kappa shape index (κ3) is 5.08. The molecule has 1 aromatic rings. The number of hydrogen-bond donors (Lipinski definition) is 0. The average Bonchev–Trinajstić information content (AvgIpc) is 2.12. The van der Waals surface area contributed by atoms with E-state index in [1.807, 2.05) is 13.8 Å². The minimum atomic E-state index is -1.56. The van der Waals surface area contributed by atoms with Gasteiger partial charge in [0.25, 0.3) is 0 Å². The molecule has 0 atom stereocenters. The van der Waals surface area contributed by atoms with Crippen molar-refractivity contribution in [1.82, 2.24) is 0 Å². The largest absolute Gasteiger partial charge is 0.402 e. The van der Waals surface area contributed by atoms with Gasteiger partial charge in [-0.2, -0.15) is 0 Å². The maximum atomic E-state index is 6.08. The maximum absolute atomic E-state index is 6.08. The molecule has 0 unspecified atom stereocenters. The van der Waals surface area contributed by atoms with Crippen molar-refractivity contribution in [3.05, 3.63) is 34.9 Å². The number of benzene rings is 1. The molecule has 0 aromatic heterocycles. The molecule has 0 saturated heterocycles. The molecule has 0 aliphatic carbocycles. The minimum Gasteiger partial charge on any atom is -0.402 e. The monoisotopic (exact) mass is 260 g/mol. The van der Waals surface area contributed by atoms with Crippen molar-refractivity contribution < 1.29 is 4.43 Å². The quantitative estimate of drug-likeness (QED) is 0.569. The molecule has 0 N–H and O–H groups in total. The zero-order chi connectivity index (χ0) is 14.0. The molecule has 0 amide bonds. The molecular weight excluding hydrogens is 236 g/mol. The summed E-state index contributed by atoms with van der Waals surface area (Å²) < 4.78 is 6.08. The van der Waals surface area contributed by atoms with Gasteiger partial charge in [0.1, 0.15) is 5.60 Å². The molecule has 1 aromatic carbocycles. The Morgan fingerprint density at radius 1 is 1.11 bits per heavy atom. The molecule has 1 rings (SSSR count). The van der Waals surface area contributed by atoms with Crippen LogP contribution in [0, 0.1) is 25.7 Å². The van der Waals surface area contributed by atoms with E-state index in [2.05, 4.69) is 63.5 Å². The second-order valence-electron chi connectivity index (χ2n) is 6.29. The second-order valence-corrected chi connectivity index (χ2v) is 10.7. The molecular formula is C16H24OSi. The summed E-state index contributed by atoms with van der Waals surface area (Å²) in [6, 6.07) is 6.35. The molecule has 0 aliphatic heterocycles. The second kappa shape index (κ2) is 5.30. The summed E-state index contributed by atoms with van der Waals surface area (Å²) >= 11 is 0. The van der Waals surface area contributed by atoms with Crippen molar-refractivity contribution in [3.63, 3.8) is 0 Å². The first-order valence-corrected chi connectivity index (χ1v) is 9.80. The Balaban J connectivity index is 2.93. The van der Waals surface area contributed by atoms with E-state index in [0.29, 0.717) is 0 Å². The highest BCUT2D eigenvalue weighted by atomic mass is 28.4. The summed E-state index contributed by atoms with van der Waals surface area (Å²) in [4.78, 5) is 0. The zero-order valence-electron chi connectivity index (χ0n) is 12.6. The highest BCUT2D eigenvalue weighted by molar-refractivity contribution is 6.69. The topological polar surface area (TPSA) is 9.23 Å². The highest BCUT2D eigenvalue weighted by Gasteiger charge is 2.25. The van der Waals surface area contributed by atoms with Crippen molar-refractivity contribution in [2.45, 2.75) is 52.9 Å². The van der Waals surface area contributed by atoms with Crippen molar-refractivity contribution >= 4 is 8.32 Å². The SMILES string of the molecule is Cc1ccc(C#CC(C)(C)O[Si](C)(C)C)c(C)c1. The van der Waals surface area contributed by atoms with E-state index in [9.17, 15) is 0 Å². The Kier molecular flexibility index (Phi) is 4.42. The number of aryl methyl sites for hydroxylation is 2. The molecule has 0 heterocycles. The molecule has 98 valence electrons. The van der Waals surface area contributed by atoms with E-state index in [1.165, 1.54) is 11.1 Å². The molecule has 0 fully saturated rings. The van der Waals surface area contributed by atoms with E-state index in [1.54, 1.807) is 0 Å². The Morgan fingerprint density at radius 3 is 2.22 bits per heavy atom. The van der Waals surface area contributed by atoms with Gasteiger partial charge in [0.15, 0.2) is 8.32 Å². The molecule has 0 aliphatic rings. The van der Waals surface area contributed by atoms with Gasteiger partial charge in [-0.05, 0) is 59.0 Å². The first kappa shape index (κ1) is 15.0. The van der Waals surface area contributed by atoms with Crippen LogP contribution in [-0.2, 0) is 4.43 Å². The molecule has 2 heteroatoms. The predicted octanol–water partition coefficient (Wildman–Crippen LogP) is 4.29. The van der Waals surface area contributed by atoms with Crippen LogP contribution in [0.4, 0.5) is 0 Å². The molecule has 0 radical (unpaired) electrons. The lowest BCUT2D eigenvalue weighted by Crippen LogP contribution is -2.37. The van der Waals surface area contributed by atoms with Crippen molar-refractivity contribution in [3.8, 4) is 11.8 Å². The lowest BCUT2D eigenvalue weighted by atomic mass is 10.0. The van der Waals surface area contributed by atoms with Crippen molar-refractivity contribution in [1.29, 1.82) is 0 Å². The first-order valence-electron chi connectivity index (χ1n) is 6.40. The Bertz CT molecular complexity index is 484. The fraction of sp³-hybridized carbons (Fsp3) is 0.500. The van der Waals surface area contributed by atoms with E-state index in [0.717, 1.165) is 5.56 Å². The number of rotatable bonds is 2.